The molecule has 1 aliphatic heterocycles. The molecule has 0 spiro atoms. The molecule has 2 aromatic rings. The number of likely N-dealkylation sites (N-methyl/N-ethyl adjacent to an activating group) is 1. The van der Waals surface area contributed by atoms with Crippen LogP contribution in [0.4, 0.5) is 5.69 Å². The van der Waals surface area contributed by atoms with Crippen molar-refractivity contribution in [2.45, 2.75) is 31.7 Å². The fourth-order valence-corrected chi connectivity index (χ4v) is 4.22. The minimum atomic E-state index is 0.469. The predicted octanol–water partition coefficient (Wildman–Crippen LogP) is 4.19. The summed E-state index contributed by atoms with van der Waals surface area (Å²) in [4.78, 5) is 4.89. The van der Waals surface area contributed by atoms with Gasteiger partial charge in [-0.2, -0.15) is 0 Å². The smallest absolute Gasteiger partial charge is 0.0642 e. The molecule has 3 rings (SSSR count). The van der Waals surface area contributed by atoms with Gasteiger partial charge in [0.1, 0.15) is 0 Å². The lowest BCUT2D eigenvalue weighted by Crippen LogP contribution is -2.39. The van der Waals surface area contributed by atoms with Gasteiger partial charge in [-0.05, 0) is 44.1 Å². The van der Waals surface area contributed by atoms with E-state index in [1.165, 1.54) is 16.8 Å². The summed E-state index contributed by atoms with van der Waals surface area (Å²) >= 11 is 0. The molecule has 26 heavy (non-hydrogen) atoms. The summed E-state index contributed by atoms with van der Waals surface area (Å²) in [6.07, 6.45) is 2.21. The molecule has 2 aromatic carbocycles. The Kier molecular flexibility index (Phi) is 6.70. The first-order valence-corrected chi connectivity index (χ1v) is 9.82. The van der Waals surface area contributed by atoms with Gasteiger partial charge in [0.2, 0.25) is 0 Å². The lowest BCUT2D eigenvalue weighted by atomic mass is 9.83. The molecular formula is C23H32N2O. The third-order valence-corrected chi connectivity index (χ3v) is 5.53. The van der Waals surface area contributed by atoms with Crippen LogP contribution in [0.25, 0.3) is 0 Å². The highest BCUT2D eigenvalue weighted by molar-refractivity contribution is 5.56. The molecule has 0 amide bonds. The highest BCUT2D eigenvalue weighted by Crippen LogP contribution is 2.35. The number of ether oxygens (including phenoxy) is 1. The van der Waals surface area contributed by atoms with Crippen molar-refractivity contribution in [1.82, 2.24) is 4.90 Å². The van der Waals surface area contributed by atoms with Crippen LogP contribution in [0.5, 0.6) is 0 Å². The summed E-state index contributed by atoms with van der Waals surface area (Å²) in [5.41, 5.74) is 4.27. The van der Waals surface area contributed by atoms with Crippen molar-refractivity contribution >= 4 is 5.69 Å². The summed E-state index contributed by atoms with van der Waals surface area (Å²) in [6.45, 7) is 5.91. The second kappa shape index (κ2) is 9.20. The van der Waals surface area contributed by atoms with Crippen LogP contribution in [-0.4, -0.2) is 51.3 Å². The van der Waals surface area contributed by atoms with E-state index in [1.807, 2.05) is 0 Å². The second-order valence-corrected chi connectivity index (χ2v) is 7.39. The minimum absolute atomic E-state index is 0.469. The maximum Gasteiger partial charge on any atom is 0.0642 e. The van der Waals surface area contributed by atoms with E-state index in [-0.39, 0.29) is 0 Å². The van der Waals surface area contributed by atoms with Gasteiger partial charge < -0.3 is 14.5 Å². The van der Waals surface area contributed by atoms with E-state index in [1.54, 1.807) is 0 Å². The maximum absolute atomic E-state index is 5.57. The Hall–Kier alpha value is -1.84. The summed E-state index contributed by atoms with van der Waals surface area (Å²) in [5, 5.41) is 0. The zero-order chi connectivity index (χ0) is 18.4. The Labute approximate surface area is 158 Å². The lowest BCUT2D eigenvalue weighted by Gasteiger charge is -2.37. The van der Waals surface area contributed by atoms with Crippen molar-refractivity contribution in [1.29, 1.82) is 0 Å². The van der Waals surface area contributed by atoms with E-state index in [9.17, 15) is 0 Å². The number of benzene rings is 2. The average Bonchev–Trinajstić information content (AvgIpc) is 2.69. The molecule has 0 bridgehead atoms. The normalized spacial score (nSPS) is 17.3. The van der Waals surface area contributed by atoms with Crippen LogP contribution in [-0.2, 0) is 11.2 Å². The molecule has 3 heteroatoms. The topological polar surface area (TPSA) is 15.7 Å². The molecule has 0 N–H and O–H groups in total. The summed E-state index contributed by atoms with van der Waals surface area (Å²) in [6, 6.07) is 20.4. The zero-order valence-corrected chi connectivity index (χ0v) is 16.4. The second-order valence-electron chi connectivity index (χ2n) is 7.39. The van der Waals surface area contributed by atoms with Crippen molar-refractivity contribution in [2.24, 2.45) is 0 Å². The van der Waals surface area contributed by atoms with E-state index in [2.05, 4.69) is 85.4 Å². The van der Waals surface area contributed by atoms with Crippen molar-refractivity contribution in [2.75, 3.05) is 45.3 Å². The van der Waals surface area contributed by atoms with E-state index in [0.717, 1.165) is 39.1 Å². The molecule has 1 aliphatic rings. The number of anilines is 1. The van der Waals surface area contributed by atoms with Gasteiger partial charge in [0.05, 0.1) is 13.2 Å². The van der Waals surface area contributed by atoms with E-state index >= 15 is 0 Å². The highest BCUT2D eigenvalue weighted by atomic mass is 16.5. The Bertz CT molecular complexity index is 665. The average molecular weight is 353 g/mol. The molecule has 0 aliphatic carbocycles. The van der Waals surface area contributed by atoms with Crippen molar-refractivity contribution < 1.29 is 4.74 Å². The van der Waals surface area contributed by atoms with Crippen molar-refractivity contribution in [3.8, 4) is 0 Å². The van der Waals surface area contributed by atoms with Crippen LogP contribution in [0.3, 0.4) is 0 Å². The largest absolute Gasteiger partial charge is 0.378 e. The fourth-order valence-electron chi connectivity index (χ4n) is 4.22. The van der Waals surface area contributed by atoms with Crippen molar-refractivity contribution in [3.63, 3.8) is 0 Å². The minimum Gasteiger partial charge on any atom is -0.378 e. The third-order valence-electron chi connectivity index (χ3n) is 5.53. The van der Waals surface area contributed by atoms with Crippen LogP contribution < -0.4 is 4.90 Å². The number of hydrogen-bond donors (Lipinski definition) is 0. The maximum atomic E-state index is 5.57. The van der Waals surface area contributed by atoms with E-state index in [4.69, 9.17) is 4.74 Å². The summed E-state index contributed by atoms with van der Waals surface area (Å²) in [5.74, 6) is 0.469. The van der Waals surface area contributed by atoms with Crippen LogP contribution in [0.2, 0.25) is 0 Å². The molecule has 1 saturated heterocycles. The van der Waals surface area contributed by atoms with Gasteiger partial charge in [-0.15, -0.1) is 0 Å². The number of hydrogen-bond acceptors (Lipinski definition) is 3. The fraction of sp³-hybridized carbons (Fsp3) is 0.478. The standard InChI is InChI=1S/C23H32N2O/c1-4-22(24(2)3)21(18-19-10-6-5-7-11-19)20-12-8-9-13-23(20)25-14-16-26-17-15-25/h5-13,21-22H,4,14-18H2,1-3H3. The Balaban J connectivity index is 1.98. The SMILES string of the molecule is CCC(C(Cc1ccccc1)c1ccccc1N1CCOCC1)N(C)C. The van der Waals surface area contributed by atoms with Crippen LogP contribution in [0.15, 0.2) is 54.6 Å². The number of para-hydroxylation sites is 1. The Morgan fingerprint density at radius 2 is 1.62 bits per heavy atom. The third kappa shape index (κ3) is 4.46. The number of nitrogens with zero attached hydrogens (tertiary/aromatic N) is 2. The molecule has 1 heterocycles. The quantitative estimate of drug-likeness (QED) is 0.743. The van der Waals surface area contributed by atoms with Crippen molar-refractivity contribution in [3.05, 3.63) is 65.7 Å². The van der Waals surface area contributed by atoms with Gasteiger partial charge in [-0.3, -0.25) is 0 Å². The zero-order valence-electron chi connectivity index (χ0n) is 16.4. The molecule has 2 atom stereocenters. The van der Waals surface area contributed by atoms with Gasteiger partial charge in [-0.1, -0.05) is 55.5 Å². The Morgan fingerprint density at radius 1 is 0.962 bits per heavy atom. The molecule has 2 unspecified atom stereocenters. The molecular weight excluding hydrogens is 320 g/mol. The lowest BCUT2D eigenvalue weighted by molar-refractivity contribution is 0.122. The highest BCUT2D eigenvalue weighted by Gasteiger charge is 2.27. The number of rotatable bonds is 7. The molecule has 0 aromatic heterocycles. The molecule has 3 nitrogen and oxygen atoms in total. The van der Waals surface area contributed by atoms with E-state index < -0.39 is 0 Å². The van der Waals surface area contributed by atoms with Gasteiger partial charge in [0, 0.05) is 30.7 Å². The van der Waals surface area contributed by atoms with E-state index in [0.29, 0.717) is 12.0 Å². The molecule has 0 radical (unpaired) electrons. The number of morpholine rings is 1. The Morgan fingerprint density at radius 3 is 2.27 bits per heavy atom. The first-order valence-electron chi connectivity index (χ1n) is 9.82. The van der Waals surface area contributed by atoms with Crippen LogP contribution >= 0.6 is 0 Å². The molecule has 140 valence electrons. The predicted molar refractivity (Wildman–Crippen MR) is 110 cm³/mol. The van der Waals surface area contributed by atoms with Gasteiger partial charge in [0.15, 0.2) is 0 Å². The van der Waals surface area contributed by atoms with Gasteiger partial charge >= 0.3 is 0 Å². The summed E-state index contributed by atoms with van der Waals surface area (Å²) in [7, 11) is 4.42. The summed E-state index contributed by atoms with van der Waals surface area (Å²) < 4.78 is 5.57. The van der Waals surface area contributed by atoms with Crippen LogP contribution in [0, 0.1) is 0 Å². The molecule has 0 saturated carbocycles. The first kappa shape index (κ1) is 18.9. The van der Waals surface area contributed by atoms with Gasteiger partial charge in [0.25, 0.3) is 0 Å². The monoisotopic (exact) mass is 352 g/mol. The first-order chi connectivity index (χ1) is 12.7. The molecule has 1 fully saturated rings. The van der Waals surface area contributed by atoms with Crippen LogP contribution in [0.1, 0.15) is 30.4 Å². The van der Waals surface area contributed by atoms with Gasteiger partial charge in [-0.25, -0.2) is 0 Å².